The van der Waals surface area contributed by atoms with Crippen LogP contribution in [0.3, 0.4) is 0 Å². The van der Waals surface area contributed by atoms with E-state index >= 15 is 0 Å². The van der Waals surface area contributed by atoms with E-state index in [9.17, 15) is 9.18 Å². The summed E-state index contributed by atoms with van der Waals surface area (Å²) in [5.74, 6) is -0.872. The van der Waals surface area contributed by atoms with Crippen molar-refractivity contribution >= 4 is 5.91 Å². The zero-order chi connectivity index (χ0) is 13.8. The van der Waals surface area contributed by atoms with Crippen molar-refractivity contribution in [1.82, 2.24) is 5.32 Å². The van der Waals surface area contributed by atoms with Gasteiger partial charge in [-0.05, 0) is 42.7 Å². The Morgan fingerprint density at radius 3 is 2.58 bits per heavy atom. The van der Waals surface area contributed by atoms with Crippen LogP contribution in [-0.2, 0) is 6.54 Å². The Balaban J connectivity index is 2.08. The van der Waals surface area contributed by atoms with E-state index < -0.39 is 5.82 Å². The normalized spacial score (nSPS) is 10.3. The summed E-state index contributed by atoms with van der Waals surface area (Å²) < 4.78 is 13.6. The fraction of sp³-hybridized carbons (Fsp3) is 0.188. The van der Waals surface area contributed by atoms with E-state index in [0.717, 1.165) is 16.7 Å². The molecule has 0 saturated heterocycles. The molecule has 0 spiro atoms. The molecule has 0 aliphatic rings. The highest BCUT2D eigenvalue weighted by Gasteiger charge is 2.11. The number of benzene rings is 2. The third-order valence-corrected chi connectivity index (χ3v) is 3.07. The quantitative estimate of drug-likeness (QED) is 0.897. The number of halogens is 1. The smallest absolute Gasteiger partial charge is 0.254 e. The Morgan fingerprint density at radius 2 is 1.89 bits per heavy atom. The topological polar surface area (TPSA) is 29.1 Å². The summed E-state index contributed by atoms with van der Waals surface area (Å²) in [6, 6.07) is 12.4. The molecule has 3 heteroatoms. The lowest BCUT2D eigenvalue weighted by atomic mass is 10.1. The monoisotopic (exact) mass is 257 g/mol. The first-order valence-corrected chi connectivity index (χ1v) is 6.17. The number of amides is 1. The van der Waals surface area contributed by atoms with E-state index in [4.69, 9.17) is 0 Å². The minimum atomic E-state index is -0.484. The molecule has 0 aromatic heterocycles. The van der Waals surface area contributed by atoms with Crippen LogP contribution in [0.4, 0.5) is 4.39 Å². The molecule has 2 rings (SSSR count). The Kier molecular flexibility index (Phi) is 3.95. The van der Waals surface area contributed by atoms with Crippen LogP contribution in [-0.4, -0.2) is 5.91 Å². The molecule has 2 aromatic carbocycles. The maximum absolute atomic E-state index is 13.6. The lowest BCUT2D eigenvalue weighted by Gasteiger charge is -2.08. The van der Waals surface area contributed by atoms with Gasteiger partial charge < -0.3 is 5.32 Å². The van der Waals surface area contributed by atoms with Crippen LogP contribution < -0.4 is 5.32 Å². The van der Waals surface area contributed by atoms with Gasteiger partial charge in [-0.2, -0.15) is 0 Å². The third kappa shape index (κ3) is 3.19. The molecule has 0 aliphatic carbocycles. The van der Waals surface area contributed by atoms with Crippen molar-refractivity contribution in [3.05, 3.63) is 70.5 Å². The van der Waals surface area contributed by atoms with Gasteiger partial charge >= 0.3 is 0 Å². The van der Waals surface area contributed by atoms with Gasteiger partial charge in [0.2, 0.25) is 0 Å². The van der Waals surface area contributed by atoms with Crippen molar-refractivity contribution in [2.45, 2.75) is 20.4 Å². The SMILES string of the molecule is Cc1ccc(C(=O)NCc2ccccc2C)c(F)c1. The fourth-order valence-electron chi connectivity index (χ4n) is 1.88. The standard InChI is InChI=1S/C16H16FNO/c1-11-7-8-14(15(17)9-11)16(19)18-10-13-6-4-3-5-12(13)2/h3-9H,10H2,1-2H3,(H,18,19). The lowest BCUT2D eigenvalue weighted by Crippen LogP contribution is -2.24. The molecule has 0 atom stereocenters. The van der Waals surface area contributed by atoms with Crippen LogP contribution in [0.2, 0.25) is 0 Å². The minimum Gasteiger partial charge on any atom is -0.348 e. The molecule has 1 N–H and O–H groups in total. The Hall–Kier alpha value is -2.16. The first-order chi connectivity index (χ1) is 9.08. The third-order valence-electron chi connectivity index (χ3n) is 3.07. The highest BCUT2D eigenvalue weighted by molar-refractivity contribution is 5.94. The molecule has 0 aliphatic heterocycles. The van der Waals surface area contributed by atoms with Crippen molar-refractivity contribution in [2.75, 3.05) is 0 Å². The van der Waals surface area contributed by atoms with Crippen molar-refractivity contribution in [2.24, 2.45) is 0 Å². The largest absolute Gasteiger partial charge is 0.348 e. The van der Waals surface area contributed by atoms with Gasteiger partial charge in [0.15, 0.2) is 0 Å². The number of carbonyl (C=O) groups is 1. The summed E-state index contributed by atoms with van der Waals surface area (Å²) in [4.78, 5) is 11.9. The predicted molar refractivity (Wildman–Crippen MR) is 73.5 cm³/mol. The van der Waals surface area contributed by atoms with E-state index in [2.05, 4.69) is 5.32 Å². The summed E-state index contributed by atoms with van der Waals surface area (Å²) in [6.07, 6.45) is 0. The van der Waals surface area contributed by atoms with Gasteiger partial charge in [-0.3, -0.25) is 4.79 Å². The van der Waals surface area contributed by atoms with Crippen molar-refractivity contribution in [3.63, 3.8) is 0 Å². The molecular formula is C16H16FNO. The fourth-order valence-corrected chi connectivity index (χ4v) is 1.88. The summed E-state index contributed by atoms with van der Waals surface area (Å²) in [6.45, 7) is 4.17. The average molecular weight is 257 g/mol. The van der Waals surface area contributed by atoms with E-state index in [1.165, 1.54) is 12.1 Å². The van der Waals surface area contributed by atoms with Gasteiger partial charge in [0.1, 0.15) is 5.82 Å². The van der Waals surface area contributed by atoms with Gasteiger partial charge in [0.05, 0.1) is 5.56 Å². The number of hydrogen-bond acceptors (Lipinski definition) is 1. The molecule has 2 aromatic rings. The van der Waals surface area contributed by atoms with Crippen molar-refractivity contribution in [1.29, 1.82) is 0 Å². The van der Waals surface area contributed by atoms with Crippen molar-refractivity contribution in [3.8, 4) is 0 Å². The molecule has 1 amide bonds. The van der Waals surface area contributed by atoms with E-state index in [1.807, 2.05) is 31.2 Å². The maximum atomic E-state index is 13.6. The van der Waals surface area contributed by atoms with Gasteiger partial charge in [-0.15, -0.1) is 0 Å². The first-order valence-electron chi connectivity index (χ1n) is 6.17. The minimum absolute atomic E-state index is 0.0826. The molecule has 0 bridgehead atoms. The summed E-state index contributed by atoms with van der Waals surface area (Å²) in [7, 11) is 0. The molecule has 19 heavy (non-hydrogen) atoms. The number of aryl methyl sites for hydroxylation is 2. The van der Waals surface area contributed by atoms with E-state index in [1.54, 1.807) is 13.0 Å². The molecule has 0 radical (unpaired) electrons. The summed E-state index contributed by atoms with van der Waals surface area (Å²) in [5.41, 5.74) is 3.02. The summed E-state index contributed by atoms with van der Waals surface area (Å²) in [5, 5.41) is 2.74. The highest BCUT2D eigenvalue weighted by Crippen LogP contribution is 2.11. The number of hydrogen-bond donors (Lipinski definition) is 1. The van der Waals surface area contributed by atoms with Crippen LogP contribution in [0.5, 0.6) is 0 Å². The van der Waals surface area contributed by atoms with E-state index in [-0.39, 0.29) is 11.5 Å². The molecular weight excluding hydrogens is 241 g/mol. The van der Waals surface area contributed by atoms with Crippen LogP contribution in [0, 0.1) is 19.7 Å². The average Bonchev–Trinajstić information content (AvgIpc) is 2.37. The Morgan fingerprint density at radius 1 is 1.16 bits per heavy atom. The Labute approximate surface area is 112 Å². The van der Waals surface area contributed by atoms with Gasteiger partial charge in [0, 0.05) is 6.54 Å². The second-order valence-electron chi connectivity index (χ2n) is 4.59. The lowest BCUT2D eigenvalue weighted by molar-refractivity contribution is 0.0947. The predicted octanol–water partition coefficient (Wildman–Crippen LogP) is 3.37. The second-order valence-corrected chi connectivity index (χ2v) is 4.59. The molecule has 0 heterocycles. The summed E-state index contributed by atoms with van der Waals surface area (Å²) >= 11 is 0. The highest BCUT2D eigenvalue weighted by atomic mass is 19.1. The van der Waals surface area contributed by atoms with Crippen LogP contribution >= 0.6 is 0 Å². The molecule has 2 nitrogen and oxygen atoms in total. The van der Waals surface area contributed by atoms with Crippen LogP contribution in [0.1, 0.15) is 27.0 Å². The maximum Gasteiger partial charge on any atom is 0.254 e. The molecule has 0 unspecified atom stereocenters. The molecule has 0 saturated carbocycles. The second kappa shape index (κ2) is 5.65. The first kappa shape index (κ1) is 13.3. The van der Waals surface area contributed by atoms with Crippen LogP contribution in [0.15, 0.2) is 42.5 Å². The van der Waals surface area contributed by atoms with Gasteiger partial charge in [-0.1, -0.05) is 30.3 Å². The number of rotatable bonds is 3. The number of carbonyl (C=O) groups excluding carboxylic acids is 1. The Bertz CT molecular complexity index is 607. The van der Waals surface area contributed by atoms with Gasteiger partial charge in [0.25, 0.3) is 5.91 Å². The zero-order valence-corrected chi connectivity index (χ0v) is 11.0. The van der Waals surface area contributed by atoms with Crippen LogP contribution in [0.25, 0.3) is 0 Å². The number of nitrogens with one attached hydrogen (secondary N) is 1. The van der Waals surface area contributed by atoms with Gasteiger partial charge in [-0.25, -0.2) is 4.39 Å². The molecule has 98 valence electrons. The van der Waals surface area contributed by atoms with E-state index in [0.29, 0.717) is 6.54 Å². The zero-order valence-electron chi connectivity index (χ0n) is 11.0. The molecule has 0 fully saturated rings. The van der Waals surface area contributed by atoms with Crippen molar-refractivity contribution < 1.29 is 9.18 Å².